The summed E-state index contributed by atoms with van der Waals surface area (Å²) in [7, 11) is 0.841. The summed E-state index contributed by atoms with van der Waals surface area (Å²) < 4.78 is 60.4. The number of H-pyrrole nitrogens is 1. The van der Waals surface area contributed by atoms with Gasteiger partial charge in [-0.15, -0.1) is 0 Å². The molecule has 18 heavy (non-hydrogen) atoms. The quantitative estimate of drug-likeness (QED) is 0.677. The molecule has 0 fully saturated rings. The minimum Gasteiger partial charge on any atom is -0.248 e. The molecule has 96 valence electrons. The van der Waals surface area contributed by atoms with Crippen LogP contribution in [0.15, 0.2) is 17.3 Å². The average Bonchev–Trinajstić information content (AvgIpc) is 2.73. The molecule has 0 radical (unpaired) electrons. The van der Waals surface area contributed by atoms with Gasteiger partial charge in [-0.2, -0.15) is 10.1 Å². The summed E-state index contributed by atoms with van der Waals surface area (Å²) in [5.41, 5.74) is -0.228. The van der Waals surface area contributed by atoms with Crippen molar-refractivity contribution in [1.82, 2.24) is 15.2 Å². The van der Waals surface area contributed by atoms with Crippen LogP contribution < -0.4 is 0 Å². The Morgan fingerprint density at radius 2 is 1.72 bits per heavy atom. The fourth-order valence-corrected chi connectivity index (χ4v) is 1.73. The first-order valence-corrected chi connectivity index (χ1v) is 6.62. The fourth-order valence-electron chi connectivity index (χ4n) is 1.17. The zero-order chi connectivity index (χ0) is 13.5. The number of rotatable bonds is 2. The van der Waals surface area contributed by atoms with Gasteiger partial charge >= 0.3 is 0 Å². The molecule has 1 aromatic carbocycles. The van der Waals surface area contributed by atoms with E-state index in [-0.39, 0.29) is 11.4 Å². The van der Waals surface area contributed by atoms with E-state index in [1.807, 2.05) is 5.10 Å². The minimum atomic E-state index is -4.14. The highest BCUT2D eigenvalue weighted by atomic mass is 35.7. The van der Waals surface area contributed by atoms with Crippen molar-refractivity contribution in [3.8, 4) is 11.4 Å². The first kappa shape index (κ1) is 12.8. The lowest BCUT2D eigenvalue weighted by molar-refractivity contribution is 0.447. The van der Waals surface area contributed by atoms with Crippen LogP contribution in [-0.4, -0.2) is 23.6 Å². The minimum absolute atomic E-state index is 0.228. The SMILES string of the molecule is O=S(=O)(Cl)c1nc(-c2cc(F)c(F)c(F)c2)n[nH]1. The molecule has 1 N–H and O–H groups in total. The Morgan fingerprint density at radius 3 is 2.17 bits per heavy atom. The number of halogens is 4. The van der Waals surface area contributed by atoms with Crippen LogP contribution in [0.4, 0.5) is 13.2 Å². The van der Waals surface area contributed by atoms with E-state index >= 15 is 0 Å². The number of benzene rings is 1. The van der Waals surface area contributed by atoms with Gasteiger partial charge in [0.2, 0.25) is 0 Å². The molecule has 0 bridgehead atoms. The third-order valence-electron chi connectivity index (χ3n) is 1.94. The van der Waals surface area contributed by atoms with Gasteiger partial charge in [-0.25, -0.2) is 26.7 Å². The second-order valence-corrected chi connectivity index (χ2v) is 5.64. The molecule has 2 aromatic rings. The highest BCUT2D eigenvalue weighted by molar-refractivity contribution is 8.13. The summed E-state index contributed by atoms with van der Waals surface area (Å²) >= 11 is 0. The van der Waals surface area contributed by atoms with E-state index in [1.54, 1.807) is 0 Å². The fraction of sp³-hybridized carbons (Fsp3) is 0. The molecule has 2 rings (SSSR count). The molecule has 10 heteroatoms. The number of nitrogens with zero attached hydrogens (tertiary/aromatic N) is 2. The topological polar surface area (TPSA) is 75.7 Å². The Morgan fingerprint density at radius 1 is 1.17 bits per heavy atom. The monoisotopic (exact) mass is 297 g/mol. The third-order valence-corrected chi connectivity index (χ3v) is 3.02. The van der Waals surface area contributed by atoms with Crippen molar-refractivity contribution in [1.29, 1.82) is 0 Å². The van der Waals surface area contributed by atoms with Crippen LogP contribution in [0.5, 0.6) is 0 Å². The summed E-state index contributed by atoms with van der Waals surface area (Å²) in [5, 5.41) is 4.71. The maximum Gasteiger partial charge on any atom is 0.296 e. The standard InChI is InChI=1S/C8H3ClF3N3O2S/c9-18(16,17)8-13-7(14-15-8)3-1-4(10)6(12)5(11)2-3/h1-2H,(H,13,14,15). The van der Waals surface area contributed by atoms with E-state index in [2.05, 4.69) is 10.1 Å². The zero-order valence-electron chi connectivity index (χ0n) is 8.29. The van der Waals surface area contributed by atoms with Crippen LogP contribution in [0.3, 0.4) is 0 Å². The molecule has 0 unspecified atom stereocenters. The maximum atomic E-state index is 12.9. The van der Waals surface area contributed by atoms with Crippen LogP contribution in [-0.2, 0) is 9.05 Å². The van der Waals surface area contributed by atoms with Crippen LogP contribution in [0, 0.1) is 17.5 Å². The molecule has 1 aromatic heterocycles. The van der Waals surface area contributed by atoms with Crippen molar-refractivity contribution >= 4 is 19.7 Å². The van der Waals surface area contributed by atoms with Gasteiger partial charge in [-0.3, -0.25) is 0 Å². The normalized spacial score (nSPS) is 11.8. The van der Waals surface area contributed by atoms with E-state index in [4.69, 9.17) is 10.7 Å². The number of aromatic nitrogens is 3. The van der Waals surface area contributed by atoms with Crippen molar-refractivity contribution in [2.24, 2.45) is 0 Å². The zero-order valence-corrected chi connectivity index (χ0v) is 9.86. The molecule has 1 heterocycles. The summed E-state index contributed by atoms with van der Waals surface area (Å²) in [6, 6.07) is 1.26. The molecule has 5 nitrogen and oxygen atoms in total. The van der Waals surface area contributed by atoms with Crippen LogP contribution in [0.1, 0.15) is 0 Å². The largest absolute Gasteiger partial charge is 0.296 e. The van der Waals surface area contributed by atoms with Gasteiger partial charge in [0.25, 0.3) is 14.2 Å². The summed E-state index contributed by atoms with van der Waals surface area (Å²) in [6.45, 7) is 0. The van der Waals surface area contributed by atoms with E-state index in [0.29, 0.717) is 12.1 Å². The highest BCUT2D eigenvalue weighted by Gasteiger charge is 2.19. The molecule has 0 aliphatic rings. The molecule has 0 aliphatic heterocycles. The third kappa shape index (κ3) is 2.31. The Hall–Kier alpha value is -1.61. The number of nitrogens with one attached hydrogen (secondary N) is 1. The summed E-state index contributed by atoms with van der Waals surface area (Å²) in [5.74, 6) is -4.85. The molecule has 0 aliphatic carbocycles. The number of aromatic amines is 1. The van der Waals surface area contributed by atoms with Crippen LogP contribution in [0.25, 0.3) is 11.4 Å². The Kier molecular flexibility index (Phi) is 3.03. The average molecular weight is 298 g/mol. The van der Waals surface area contributed by atoms with E-state index in [1.165, 1.54) is 0 Å². The van der Waals surface area contributed by atoms with Crippen molar-refractivity contribution < 1.29 is 21.6 Å². The van der Waals surface area contributed by atoms with Gasteiger partial charge < -0.3 is 0 Å². The lowest BCUT2D eigenvalue weighted by Gasteiger charge is -1.98. The molecule has 0 saturated heterocycles. The van der Waals surface area contributed by atoms with Gasteiger partial charge in [0.05, 0.1) is 0 Å². The predicted molar refractivity (Wildman–Crippen MR) is 54.7 cm³/mol. The first-order valence-electron chi connectivity index (χ1n) is 4.31. The second-order valence-electron chi connectivity index (χ2n) is 3.16. The molecule has 0 atom stereocenters. The smallest absolute Gasteiger partial charge is 0.248 e. The predicted octanol–water partition coefficient (Wildman–Crippen LogP) is 1.82. The number of hydrogen-bond acceptors (Lipinski definition) is 4. The molecule has 0 saturated carbocycles. The maximum absolute atomic E-state index is 12.9. The number of hydrogen-bond donors (Lipinski definition) is 1. The Labute approximate surface area is 103 Å². The van der Waals surface area contributed by atoms with E-state index in [9.17, 15) is 21.6 Å². The molecule has 0 amide bonds. The van der Waals surface area contributed by atoms with Crippen molar-refractivity contribution in [3.05, 3.63) is 29.6 Å². The Balaban J connectivity index is 2.53. The molecular formula is C8H3ClF3N3O2S. The first-order chi connectivity index (χ1) is 8.29. The van der Waals surface area contributed by atoms with Crippen LogP contribution >= 0.6 is 10.7 Å². The van der Waals surface area contributed by atoms with Gasteiger partial charge in [0.15, 0.2) is 23.3 Å². The van der Waals surface area contributed by atoms with Crippen molar-refractivity contribution in [3.63, 3.8) is 0 Å². The van der Waals surface area contributed by atoms with E-state index < -0.39 is 31.7 Å². The lowest BCUT2D eigenvalue weighted by atomic mass is 10.2. The van der Waals surface area contributed by atoms with Gasteiger partial charge in [-0.05, 0) is 12.1 Å². The summed E-state index contributed by atoms with van der Waals surface area (Å²) in [6.07, 6.45) is 0. The Bertz CT molecular complexity index is 693. The molecule has 0 spiro atoms. The van der Waals surface area contributed by atoms with E-state index in [0.717, 1.165) is 0 Å². The second kappa shape index (κ2) is 4.25. The molecular weight excluding hydrogens is 295 g/mol. The van der Waals surface area contributed by atoms with Gasteiger partial charge in [-0.1, -0.05) is 0 Å². The lowest BCUT2D eigenvalue weighted by Crippen LogP contribution is -1.94. The van der Waals surface area contributed by atoms with Crippen molar-refractivity contribution in [2.45, 2.75) is 5.16 Å². The van der Waals surface area contributed by atoms with Crippen molar-refractivity contribution in [2.75, 3.05) is 0 Å². The van der Waals surface area contributed by atoms with Gasteiger partial charge in [0.1, 0.15) is 0 Å². The van der Waals surface area contributed by atoms with Gasteiger partial charge in [0, 0.05) is 16.2 Å². The summed E-state index contributed by atoms with van der Waals surface area (Å²) in [4.78, 5) is 3.42. The van der Waals surface area contributed by atoms with Crippen LogP contribution in [0.2, 0.25) is 0 Å². The highest BCUT2D eigenvalue weighted by Crippen LogP contribution is 2.22.